The molecule has 0 fully saturated rings. The van der Waals surface area contributed by atoms with Crippen molar-refractivity contribution in [2.45, 2.75) is 12.6 Å². The van der Waals surface area contributed by atoms with Gasteiger partial charge in [0.1, 0.15) is 17.6 Å². The molecule has 0 aliphatic heterocycles. The minimum atomic E-state index is -0.751. The third-order valence-electron chi connectivity index (χ3n) is 3.90. The molecule has 0 saturated heterocycles. The van der Waals surface area contributed by atoms with E-state index in [4.69, 9.17) is 9.47 Å². The average Bonchev–Trinajstić information content (AvgIpc) is 3.10. The van der Waals surface area contributed by atoms with Crippen LogP contribution in [0.2, 0.25) is 0 Å². The summed E-state index contributed by atoms with van der Waals surface area (Å²) in [6.45, 7) is 0.330. The Bertz CT molecular complexity index is 799. The molecule has 0 spiro atoms. The summed E-state index contributed by atoms with van der Waals surface area (Å²) in [4.78, 5) is 0. The highest BCUT2D eigenvalue weighted by atomic mass is 16.5. The van der Waals surface area contributed by atoms with Crippen molar-refractivity contribution >= 4 is 0 Å². The Balaban J connectivity index is 1.80. The van der Waals surface area contributed by atoms with Crippen LogP contribution in [0, 0.1) is 0 Å². The van der Waals surface area contributed by atoms with Crippen molar-refractivity contribution in [1.82, 2.24) is 9.78 Å². The maximum Gasteiger partial charge on any atom is 0.125 e. The van der Waals surface area contributed by atoms with Crippen LogP contribution in [-0.4, -0.2) is 29.1 Å². The van der Waals surface area contributed by atoms with Crippen LogP contribution in [0.15, 0.2) is 60.9 Å². The summed E-state index contributed by atoms with van der Waals surface area (Å²) in [7, 11) is 3.18. The number of rotatable bonds is 6. The SMILES string of the molecule is COc1ccc(OC)c(C(O)Cn2cc(-c3ccccc3)cn2)c1. The lowest BCUT2D eigenvalue weighted by Gasteiger charge is -2.16. The maximum atomic E-state index is 10.6. The monoisotopic (exact) mass is 324 g/mol. The summed E-state index contributed by atoms with van der Waals surface area (Å²) in [6.07, 6.45) is 2.97. The lowest BCUT2D eigenvalue weighted by Crippen LogP contribution is -2.10. The van der Waals surface area contributed by atoms with Crippen LogP contribution in [0.25, 0.3) is 11.1 Å². The van der Waals surface area contributed by atoms with Gasteiger partial charge in [0.25, 0.3) is 0 Å². The van der Waals surface area contributed by atoms with E-state index in [-0.39, 0.29) is 0 Å². The second kappa shape index (κ2) is 7.19. The lowest BCUT2D eigenvalue weighted by molar-refractivity contribution is 0.147. The first-order chi connectivity index (χ1) is 11.7. The number of methoxy groups -OCH3 is 2. The van der Waals surface area contributed by atoms with Gasteiger partial charge in [-0.05, 0) is 23.8 Å². The molecule has 0 aliphatic carbocycles. The molecule has 0 amide bonds. The molecule has 1 aromatic heterocycles. The number of aromatic nitrogens is 2. The second-order valence-electron chi connectivity index (χ2n) is 5.44. The molecule has 3 aromatic rings. The van der Waals surface area contributed by atoms with Gasteiger partial charge in [-0.2, -0.15) is 5.10 Å². The number of aliphatic hydroxyl groups is 1. The van der Waals surface area contributed by atoms with E-state index in [1.807, 2.05) is 36.5 Å². The summed E-state index contributed by atoms with van der Waals surface area (Å²) >= 11 is 0. The van der Waals surface area contributed by atoms with E-state index < -0.39 is 6.10 Å². The molecule has 1 unspecified atom stereocenters. The van der Waals surface area contributed by atoms with E-state index in [9.17, 15) is 5.11 Å². The number of nitrogens with zero attached hydrogens (tertiary/aromatic N) is 2. The van der Waals surface area contributed by atoms with Gasteiger partial charge in [-0.1, -0.05) is 30.3 Å². The maximum absolute atomic E-state index is 10.6. The zero-order valence-corrected chi connectivity index (χ0v) is 13.7. The fourth-order valence-corrected chi connectivity index (χ4v) is 2.62. The summed E-state index contributed by atoms with van der Waals surface area (Å²) in [5.74, 6) is 1.30. The van der Waals surface area contributed by atoms with E-state index in [0.29, 0.717) is 23.6 Å². The smallest absolute Gasteiger partial charge is 0.125 e. The normalized spacial score (nSPS) is 12.0. The summed E-state index contributed by atoms with van der Waals surface area (Å²) < 4.78 is 12.3. The van der Waals surface area contributed by atoms with Gasteiger partial charge >= 0.3 is 0 Å². The molecule has 0 bridgehead atoms. The van der Waals surface area contributed by atoms with Crippen LogP contribution in [0.3, 0.4) is 0 Å². The highest BCUT2D eigenvalue weighted by Gasteiger charge is 2.16. The van der Waals surface area contributed by atoms with Gasteiger partial charge in [0.15, 0.2) is 0 Å². The predicted molar refractivity (Wildman–Crippen MR) is 92.2 cm³/mol. The molecule has 1 N–H and O–H groups in total. The zero-order valence-electron chi connectivity index (χ0n) is 13.7. The third-order valence-corrected chi connectivity index (χ3v) is 3.90. The highest BCUT2D eigenvalue weighted by molar-refractivity contribution is 5.61. The Morgan fingerprint density at radius 2 is 1.83 bits per heavy atom. The van der Waals surface area contributed by atoms with Crippen LogP contribution < -0.4 is 9.47 Å². The van der Waals surface area contributed by atoms with Gasteiger partial charge in [-0.3, -0.25) is 4.68 Å². The predicted octanol–water partition coefficient (Wildman–Crippen LogP) is 3.30. The lowest BCUT2D eigenvalue weighted by atomic mass is 10.1. The van der Waals surface area contributed by atoms with Crippen LogP contribution in [0.1, 0.15) is 11.7 Å². The van der Waals surface area contributed by atoms with Crippen LogP contribution in [0.5, 0.6) is 11.5 Å². The molecular weight excluding hydrogens is 304 g/mol. The van der Waals surface area contributed by atoms with Crippen molar-refractivity contribution in [2.24, 2.45) is 0 Å². The number of aliphatic hydroxyl groups excluding tert-OH is 1. The molecule has 1 heterocycles. The molecule has 5 nitrogen and oxygen atoms in total. The molecule has 24 heavy (non-hydrogen) atoms. The number of hydrogen-bond acceptors (Lipinski definition) is 4. The quantitative estimate of drug-likeness (QED) is 0.756. The third kappa shape index (κ3) is 3.41. The van der Waals surface area contributed by atoms with Crippen molar-refractivity contribution in [3.63, 3.8) is 0 Å². The second-order valence-corrected chi connectivity index (χ2v) is 5.44. The Labute approximate surface area is 141 Å². The van der Waals surface area contributed by atoms with Crippen molar-refractivity contribution in [2.75, 3.05) is 14.2 Å². The van der Waals surface area contributed by atoms with Gasteiger partial charge in [0.2, 0.25) is 0 Å². The van der Waals surface area contributed by atoms with Gasteiger partial charge in [-0.25, -0.2) is 0 Å². The van der Waals surface area contributed by atoms with Crippen molar-refractivity contribution in [3.8, 4) is 22.6 Å². The largest absolute Gasteiger partial charge is 0.497 e. The fraction of sp³-hybridized carbons (Fsp3) is 0.211. The Kier molecular flexibility index (Phi) is 4.82. The Hall–Kier alpha value is -2.79. The molecule has 0 saturated carbocycles. The summed E-state index contributed by atoms with van der Waals surface area (Å²) in [5, 5.41) is 14.9. The van der Waals surface area contributed by atoms with E-state index in [0.717, 1.165) is 11.1 Å². The van der Waals surface area contributed by atoms with Crippen molar-refractivity contribution in [3.05, 3.63) is 66.5 Å². The van der Waals surface area contributed by atoms with E-state index in [1.54, 1.807) is 43.3 Å². The molecular formula is C19H20N2O3. The average molecular weight is 324 g/mol. The van der Waals surface area contributed by atoms with Gasteiger partial charge in [0, 0.05) is 17.3 Å². The van der Waals surface area contributed by atoms with Gasteiger partial charge in [0.05, 0.1) is 27.0 Å². The Morgan fingerprint density at radius 1 is 1.04 bits per heavy atom. The topological polar surface area (TPSA) is 56.5 Å². The molecule has 124 valence electrons. The number of hydrogen-bond donors (Lipinski definition) is 1. The first-order valence-electron chi connectivity index (χ1n) is 7.69. The minimum absolute atomic E-state index is 0.330. The molecule has 2 aromatic carbocycles. The van der Waals surface area contributed by atoms with E-state index in [1.165, 1.54) is 0 Å². The van der Waals surface area contributed by atoms with Crippen molar-refractivity contribution < 1.29 is 14.6 Å². The van der Waals surface area contributed by atoms with Crippen molar-refractivity contribution in [1.29, 1.82) is 0 Å². The van der Waals surface area contributed by atoms with Crippen LogP contribution >= 0.6 is 0 Å². The molecule has 0 aliphatic rings. The number of benzene rings is 2. The molecule has 1 atom stereocenters. The molecule has 3 rings (SSSR count). The first-order valence-corrected chi connectivity index (χ1v) is 7.69. The van der Waals surface area contributed by atoms with E-state index in [2.05, 4.69) is 5.10 Å². The van der Waals surface area contributed by atoms with Crippen LogP contribution in [-0.2, 0) is 6.54 Å². The van der Waals surface area contributed by atoms with Gasteiger partial charge in [-0.15, -0.1) is 0 Å². The Morgan fingerprint density at radius 3 is 2.54 bits per heavy atom. The van der Waals surface area contributed by atoms with Crippen LogP contribution in [0.4, 0.5) is 0 Å². The molecule has 5 heteroatoms. The minimum Gasteiger partial charge on any atom is -0.497 e. The first kappa shape index (κ1) is 16.1. The summed E-state index contributed by atoms with van der Waals surface area (Å²) in [6, 6.07) is 15.4. The fourth-order valence-electron chi connectivity index (χ4n) is 2.62. The van der Waals surface area contributed by atoms with E-state index >= 15 is 0 Å². The zero-order chi connectivity index (χ0) is 16.9. The standard InChI is InChI=1S/C19H20N2O3/c1-23-16-8-9-19(24-2)17(10-16)18(22)13-21-12-15(11-20-21)14-6-4-3-5-7-14/h3-12,18,22H,13H2,1-2H3. The number of ether oxygens (including phenoxy) is 2. The van der Waals surface area contributed by atoms with Gasteiger partial charge < -0.3 is 14.6 Å². The molecule has 0 radical (unpaired) electrons. The summed E-state index contributed by atoms with van der Waals surface area (Å²) in [5.41, 5.74) is 2.78. The highest BCUT2D eigenvalue weighted by Crippen LogP contribution is 2.30.